The molecule has 18 heavy (non-hydrogen) atoms. The number of hydrogen-bond donors (Lipinski definition) is 1. The zero-order chi connectivity index (χ0) is 12.5. The van der Waals surface area contributed by atoms with Crippen molar-refractivity contribution in [3.05, 3.63) is 40.7 Å². The van der Waals surface area contributed by atoms with Crippen molar-refractivity contribution < 1.29 is 0 Å². The lowest BCUT2D eigenvalue weighted by atomic mass is 9.97. The average molecular weight is 260 g/mol. The van der Waals surface area contributed by atoms with Crippen molar-refractivity contribution in [2.24, 2.45) is 0 Å². The monoisotopic (exact) mass is 259 g/mol. The summed E-state index contributed by atoms with van der Waals surface area (Å²) in [5, 5.41) is 0.634. The third-order valence-corrected chi connectivity index (χ3v) is 3.55. The fourth-order valence-electron chi connectivity index (χ4n) is 2.34. The normalized spacial score (nSPS) is 14.3. The van der Waals surface area contributed by atoms with Gasteiger partial charge >= 0.3 is 0 Å². The third kappa shape index (κ3) is 2.06. The molecule has 2 N–H and O–H groups in total. The maximum Gasteiger partial charge on any atom is 0.161 e. The molecule has 0 radical (unpaired) electrons. The van der Waals surface area contributed by atoms with Gasteiger partial charge in [0.25, 0.3) is 0 Å². The summed E-state index contributed by atoms with van der Waals surface area (Å²) in [4.78, 5) is 9.06. The number of aryl methyl sites for hydroxylation is 2. The van der Waals surface area contributed by atoms with E-state index in [9.17, 15) is 0 Å². The van der Waals surface area contributed by atoms with E-state index in [2.05, 4.69) is 9.97 Å². The van der Waals surface area contributed by atoms with Crippen molar-refractivity contribution in [2.45, 2.75) is 25.7 Å². The van der Waals surface area contributed by atoms with E-state index in [-0.39, 0.29) is 0 Å². The highest BCUT2D eigenvalue weighted by atomic mass is 35.5. The Labute approximate surface area is 111 Å². The van der Waals surface area contributed by atoms with Crippen LogP contribution in [0.4, 0.5) is 5.69 Å². The second kappa shape index (κ2) is 4.58. The molecule has 1 aliphatic carbocycles. The molecule has 0 atom stereocenters. The van der Waals surface area contributed by atoms with Gasteiger partial charge in [-0.05, 0) is 49.4 Å². The fraction of sp³-hybridized carbons (Fsp3) is 0.286. The van der Waals surface area contributed by atoms with Crippen molar-refractivity contribution in [3.63, 3.8) is 0 Å². The first-order chi connectivity index (χ1) is 8.74. The maximum atomic E-state index is 5.97. The van der Waals surface area contributed by atoms with Gasteiger partial charge in [-0.2, -0.15) is 0 Å². The number of anilines is 1. The standard InChI is InChI=1S/C14H14ClN3/c15-10-5-6-11(12(16)7-10)14-17-8-9-3-1-2-4-13(9)18-14/h5-8H,1-4,16H2. The van der Waals surface area contributed by atoms with Crippen LogP contribution in [0.25, 0.3) is 11.4 Å². The molecule has 0 saturated heterocycles. The predicted octanol–water partition coefficient (Wildman–Crippen LogP) is 3.26. The highest BCUT2D eigenvalue weighted by Crippen LogP contribution is 2.27. The molecular weight excluding hydrogens is 246 g/mol. The number of rotatable bonds is 1. The summed E-state index contributed by atoms with van der Waals surface area (Å²) in [5.41, 5.74) is 9.89. The number of nitrogen functional groups attached to an aromatic ring is 1. The Morgan fingerprint density at radius 2 is 2.00 bits per heavy atom. The van der Waals surface area contributed by atoms with E-state index in [4.69, 9.17) is 17.3 Å². The molecule has 3 nitrogen and oxygen atoms in total. The van der Waals surface area contributed by atoms with Gasteiger partial charge in [0, 0.05) is 28.2 Å². The zero-order valence-electron chi connectivity index (χ0n) is 9.99. The van der Waals surface area contributed by atoms with E-state index >= 15 is 0 Å². The summed E-state index contributed by atoms with van der Waals surface area (Å²) >= 11 is 5.90. The van der Waals surface area contributed by atoms with Crippen LogP contribution in [0.3, 0.4) is 0 Å². The van der Waals surface area contributed by atoms with E-state index in [1.165, 1.54) is 24.1 Å². The first-order valence-electron chi connectivity index (χ1n) is 6.14. The Hall–Kier alpha value is -1.61. The van der Waals surface area contributed by atoms with E-state index in [0.717, 1.165) is 18.4 Å². The van der Waals surface area contributed by atoms with Crippen LogP contribution in [0, 0.1) is 0 Å². The first-order valence-corrected chi connectivity index (χ1v) is 6.52. The van der Waals surface area contributed by atoms with Gasteiger partial charge < -0.3 is 5.73 Å². The zero-order valence-corrected chi connectivity index (χ0v) is 10.7. The van der Waals surface area contributed by atoms with E-state index in [1.54, 1.807) is 6.07 Å². The Kier molecular flexibility index (Phi) is 2.92. The number of nitrogens with zero attached hydrogens (tertiary/aromatic N) is 2. The molecule has 0 fully saturated rings. The Balaban J connectivity index is 2.06. The van der Waals surface area contributed by atoms with Crippen LogP contribution in [0.5, 0.6) is 0 Å². The van der Waals surface area contributed by atoms with E-state index in [1.807, 2.05) is 18.3 Å². The molecule has 0 spiro atoms. The molecule has 0 aliphatic heterocycles. The highest BCUT2D eigenvalue weighted by molar-refractivity contribution is 6.31. The van der Waals surface area contributed by atoms with Gasteiger partial charge in [0.2, 0.25) is 0 Å². The van der Waals surface area contributed by atoms with Crippen LogP contribution < -0.4 is 5.73 Å². The second-order valence-corrected chi connectivity index (χ2v) is 5.04. The van der Waals surface area contributed by atoms with Gasteiger partial charge in [0.1, 0.15) is 0 Å². The van der Waals surface area contributed by atoms with Gasteiger partial charge in [0.15, 0.2) is 5.82 Å². The smallest absolute Gasteiger partial charge is 0.161 e. The van der Waals surface area contributed by atoms with Gasteiger partial charge in [-0.25, -0.2) is 9.97 Å². The number of fused-ring (bicyclic) bond motifs is 1. The molecule has 1 heterocycles. The quantitative estimate of drug-likeness (QED) is 0.800. The average Bonchev–Trinajstić information content (AvgIpc) is 2.38. The molecule has 0 bridgehead atoms. The predicted molar refractivity (Wildman–Crippen MR) is 73.5 cm³/mol. The second-order valence-electron chi connectivity index (χ2n) is 4.60. The summed E-state index contributed by atoms with van der Waals surface area (Å²) < 4.78 is 0. The van der Waals surface area contributed by atoms with Crippen LogP contribution >= 0.6 is 11.6 Å². The molecule has 0 unspecified atom stereocenters. The van der Waals surface area contributed by atoms with Crippen LogP contribution in [0.1, 0.15) is 24.1 Å². The summed E-state index contributed by atoms with van der Waals surface area (Å²) in [6, 6.07) is 5.43. The summed E-state index contributed by atoms with van der Waals surface area (Å²) in [6.45, 7) is 0. The fourth-order valence-corrected chi connectivity index (χ4v) is 2.52. The van der Waals surface area contributed by atoms with Gasteiger partial charge in [-0.3, -0.25) is 0 Å². The molecule has 2 aromatic rings. The van der Waals surface area contributed by atoms with Crippen LogP contribution in [0.15, 0.2) is 24.4 Å². The third-order valence-electron chi connectivity index (χ3n) is 3.32. The van der Waals surface area contributed by atoms with Crippen LogP contribution in [-0.2, 0) is 12.8 Å². The minimum absolute atomic E-state index is 0.623. The number of aromatic nitrogens is 2. The number of halogens is 1. The Morgan fingerprint density at radius 3 is 2.83 bits per heavy atom. The number of hydrogen-bond acceptors (Lipinski definition) is 3. The first kappa shape index (κ1) is 11.5. The van der Waals surface area contributed by atoms with E-state index in [0.29, 0.717) is 16.5 Å². The molecule has 3 rings (SSSR count). The number of nitrogens with two attached hydrogens (primary N) is 1. The summed E-state index contributed by atoms with van der Waals surface area (Å²) in [7, 11) is 0. The van der Waals surface area contributed by atoms with Gasteiger partial charge in [0.05, 0.1) is 0 Å². The maximum absolute atomic E-state index is 5.97. The molecule has 92 valence electrons. The molecule has 1 aromatic heterocycles. The molecular formula is C14H14ClN3. The summed E-state index contributed by atoms with van der Waals surface area (Å²) in [5.74, 6) is 0.699. The minimum Gasteiger partial charge on any atom is -0.398 e. The van der Waals surface area contributed by atoms with Crippen molar-refractivity contribution in [1.82, 2.24) is 9.97 Å². The van der Waals surface area contributed by atoms with Crippen molar-refractivity contribution in [3.8, 4) is 11.4 Å². The van der Waals surface area contributed by atoms with Crippen molar-refractivity contribution >= 4 is 17.3 Å². The molecule has 0 saturated carbocycles. The topological polar surface area (TPSA) is 51.8 Å². The van der Waals surface area contributed by atoms with Gasteiger partial charge in [-0.1, -0.05) is 11.6 Å². The lowest BCUT2D eigenvalue weighted by Crippen LogP contribution is -2.07. The van der Waals surface area contributed by atoms with Gasteiger partial charge in [-0.15, -0.1) is 0 Å². The van der Waals surface area contributed by atoms with Crippen molar-refractivity contribution in [2.75, 3.05) is 5.73 Å². The molecule has 1 aromatic carbocycles. The Morgan fingerprint density at radius 1 is 1.17 bits per heavy atom. The lowest BCUT2D eigenvalue weighted by molar-refractivity contribution is 0.663. The van der Waals surface area contributed by atoms with Crippen LogP contribution in [0.2, 0.25) is 5.02 Å². The van der Waals surface area contributed by atoms with Crippen LogP contribution in [-0.4, -0.2) is 9.97 Å². The van der Waals surface area contributed by atoms with Crippen molar-refractivity contribution in [1.29, 1.82) is 0 Å². The molecule has 4 heteroatoms. The lowest BCUT2D eigenvalue weighted by Gasteiger charge is -2.15. The Bertz CT molecular complexity index is 596. The number of benzene rings is 1. The summed E-state index contributed by atoms with van der Waals surface area (Å²) in [6.07, 6.45) is 6.51. The van der Waals surface area contributed by atoms with E-state index < -0.39 is 0 Å². The molecule has 1 aliphatic rings. The largest absolute Gasteiger partial charge is 0.398 e. The minimum atomic E-state index is 0.623. The molecule has 0 amide bonds. The SMILES string of the molecule is Nc1cc(Cl)ccc1-c1ncc2c(n1)CCCC2. The highest BCUT2D eigenvalue weighted by Gasteiger charge is 2.14.